The number of carboxylic acids is 1. The number of aryl methyl sites for hydroxylation is 1. The number of benzene rings is 2. The lowest BCUT2D eigenvalue weighted by Gasteiger charge is -2.20. The van der Waals surface area contributed by atoms with E-state index in [2.05, 4.69) is 10.3 Å². The Balaban J connectivity index is 1.58. The predicted molar refractivity (Wildman–Crippen MR) is 118 cm³/mol. The standard InChI is InChI=1S/C23H19ClN2O7/c1-10-13-6-16(24)19(28)8-20(13)33-23(32)14(10)7-21(29)26-18(22(30)31)4-11-9-25-17-3-2-12(27)5-15(11)17/h2-3,5-6,8-9,18,25,27-28H,4,7H2,1H3,(H,26,29)(H,30,31)/p-1/t18-/m1/s1. The number of phenolic OH excluding ortho intramolecular Hbond substituents is 2. The molecule has 1 atom stereocenters. The lowest BCUT2D eigenvalue weighted by atomic mass is 10.0. The summed E-state index contributed by atoms with van der Waals surface area (Å²) < 4.78 is 5.20. The van der Waals surface area contributed by atoms with Crippen molar-refractivity contribution in [3.8, 4) is 11.5 Å². The lowest BCUT2D eigenvalue weighted by Crippen LogP contribution is -2.49. The van der Waals surface area contributed by atoms with E-state index in [0.717, 1.165) is 0 Å². The van der Waals surface area contributed by atoms with Crippen LogP contribution in [-0.2, 0) is 22.4 Å². The van der Waals surface area contributed by atoms with Crippen molar-refractivity contribution < 1.29 is 29.3 Å². The van der Waals surface area contributed by atoms with E-state index in [1.165, 1.54) is 24.3 Å². The number of carbonyl (C=O) groups is 2. The molecule has 2 aromatic heterocycles. The Morgan fingerprint density at radius 1 is 1.21 bits per heavy atom. The maximum atomic E-state index is 12.6. The second kappa shape index (κ2) is 8.51. The van der Waals surface area contributed by atoms with Crippen molar-refractivity contribution in [3.05, 3.63) is 68.7 Å². The number of hydrogen-bond donors (Lipinski definition) is 4. The highest BCUT2D eigenvalue weighted by Crippen LogP contribution is 2.31. The molecule has 0 aliphatic carbocycles. The Bertz CT molecular complexity index is 1470. The summed E-state index contributed by atoms with van der Waals surface area (Å²) in [5.74, 6) is -2.45. The number of aliphatic carboxylic acids is 1. The number of rotatable bonds is 6. The number of carboxylic acid groups (broad SMARTS) is 1. The van der Waals surface area contributed by atoms with Crippen LogP contribution in [0.5, 0.6) is 11.5 Å². The molecule has 10 heteroatoms. The molecule has 170 valence electrons. The molecule has 4 N–H and O–H groups in total. The van der Waals surface area contributed by atoms with E-state index >= 15 is 0 Å². The molecule has 0 radical (unpaired) electrons. The van der Waals surface area contributed by atoms with Crippen molar-refractivity contribution in [1.82, 2.24) is 10.3 Å². The van der Waals surface area contributed by atoms with E-state index in [0.29, 0.717) is 27.4 Å². The smallest absolute Gasteiger partial charge is 0.340 e. The van der Waals surface area contributed by atoms with Gasteiger partial charge in [-0.1, -0.05) is 11.6 Å². The Kier molecular flexibility index (Phi) is 5.73. The number of aromatic amines is 1. The molecule has 0 aliphatic heterocycles. The predicted octanol–water partition coefficient (Wildman–Crippen LogP) is 1.67. The fourth-order valence-electron chi connectivity index (χ4n) is 3.76. The number of aromatic nitrogens is 1. The monoisotopic (exact) mass is 469 g/mol. The first-order chi connectivity index (χ1) is 15.6. The molecular weight excluding hydrogens is 452 g/mol. The Morgan fingerprint density at radius 2 is 1.97 bits per heavy atom. The molecule has 0 fully saturated rings. The van der Waals surface area contributed by atoms with E-state index < -0.39 is 30.0 Å². The molecule has 9 nitrogen and oxygen atoms in total. The van der Waals surface area contributed by atoms with Crippen LogP contribution in [0.15, 0.2) is 45.7 Å². The second-order valence-corrected chi connectivity index (χ2v) is 8.06. The van der Waals surface area contributed by atoms with Crippen molar-refractivity contribution >= 4 is 45.3 Å². The fraction of sp³-hybridized carbons (Fsp3) is 0.174. The highest BCUT2D eigenvalue weighted by atomic mass is 35.5. The van der Waals surface area contributed by atoms with Crippen molar-refractivity contribution in [1.29, 1.82) is 0 Å². The maximum absolute atomic E-state index is 12.6. The van der Waals surface area contributed by atoms with Crippen LogP contribution in [0, 0.1) is 6.92 Å². The Hall–Kier alpha value is -3.98. The number of carbonyl (C=O) groups excluding carboxylic acids is 2. The zero-order valence-corrected chi connectivity index (χ0v) is 18.0. The van der Waals surface area contributed by atoms with Crippen molar-refractivity contribution in [2.24, 2.45) is 0 Å². The van der Waals surface area contributed by atoms with E-state index in [9.17, 15) is 29.7 Å². The minimum absolute atomic E-state index is 0.0179. The molecule has 0 aliphatic rings. The number of nitrogens with one attached hydrogen (secondary N) is 2. The Labute approximate surface area is 191 Å². The summed E-state index contributed by atoms with van der Waals surface area (Å²) in [6, 6.07) is 5.88. The summed E-state index contributed by atoms with van der Waals surface area (Å²) in [5.41, 5.74) is 1.05. The average molecular weight is 470 g/mol. The van der Waals surface area contributed by atoms with Crippen LogP contribution in [-0.4, -0.2) is 33.1 Å². The van der Waals surface area contributed by atoms with Crippen LogP contribution in [0.3, 0.4) is 0 Å². The summed E-state index contributed by atoms with van der Waals surface area (Å²) >= 11 is 5.94. The largest absolute Gasteiger partial charge is 0.548 e. The number of phenols is 2. The quantitative estimate of drug-likeness (QED) is 0.313. The molecule has 0 bridgehead atoms. The molecule has 1 amide bonds. The minimum Gasteiger partial charge on any atom is -0.548 e. The number of fused-ring (bicyclic) bond motifs is 2. The van der Waals surface area contributed by atoms with Crippen molar-refractivity contribution in [2.45, 2.75) is 25.8 Å². The van der Waals surface area contributed by atoms with Crippen LogP contribution in [0.25, 0.3) is 21.9 Å². The summed E-state index contributed by atoms with van der Waals surface area (Å²) in [6.07, 6.45) is 1.06. The number of halogens is 1. The maximum Gasteiger partial charge on any atom is 0.340 e. The van der Waals surface area contributed by atoms with E-state index in [1.54, 1.807) is 19.2 Å². The lowest BCUT2D eigenvalue weighted by molar-refractivity contribution is -0.308. The van der Waals surface area contributed by atoms with Crippen LogP contribution in [0.1, 0.15) is 16.7 Å². The van der Waals surface area contributed by atoms with Crippen LogP contribution >= 0.6 is 11.6 Å². The highest BCUT2D eigenvalue weighted by molar-refractivity contribution is 6.32. The van der Waals surface area contributed by atoms with Gasteiger partial charge in [0.05, 0.1) is 29.0 Å². The third-order valence-electron chi connectivity index (χ3n) is 5.49. The minimum atomic E-state index is -1.50. The van der Waals surface area contributed by atoms with Gasteiger partial charge in [0.1, 0.15) is 17.1 Å². The first kappa shape index (κ1) is 22.2. The number of hydrogen-bond acceptors (Lipinski definition) is 7. The topological polar surface area (TPSA) is 156 Å². The number of amides is 1. The van der Waals surface area contributed by atoms with Gasteiger partial charge < -0.3 is 34.8 Å². The molecule has 33 heavy (non-hydrogen) atoms. The summed E-state index contributed by atoms with van der Waals surface area (Å²) in [4.78, 5) is 39.7. The molecule has 0 saturated heterocycles. The van der Waals surface area contributed by atoms with Gasteiger partial charge in [-0.3, -0.25) is 4.79 Å². The van der Waals surface area contributed by atoms with E-state index in [-0.39, 0.29) is 34.1 Å². The van der Waals surface area contributed by atoms with Gasteiger partial charge in [0, 0.05) is 35.0 Å². The molecule has 0 saturated carbocycles. The molecule has 4 rings (SSSR count). The summed E-state index contributed by atoms with van der Waals surface area (Å²) in [5, 5.41) is 34.6. The van der Waals surface area contributed by atoms with Gasteiger partial charge in [-0.15, -0.1) is 0 Å². The van der Waals surface area contributed by atoms with Gasteiger partial charge in [-0.25, -0.2) is 4.79 Å². The van der Waals surface area contributed by atoms with Gasteiger partial charge >= 0.3 is 5.63 Å². The third kappa shape index (κ3) is 4.35. The van der Waals surface area contributed by atoms with Gasteiger partial charge in [-0.2, -0.15) is 0 Å². The second-order valence-electron chi connectivity index (χ2n) is 7.66. The molecule has 4 aromatic rings. The van der Waals surface area contributed by atoms with Crippen LogP contribution < -0.4 is 16.0 Å². The van der Waals surface area contributed by atoms with Crippen LogP contribution in [0.4, 0.5) is 0 Å². The molecule has 2 aromatic carbocycles. The van der Waals surface area contributed by atoms with Crippen molar-refractivity contribution in [3.63, 3.8) is 0 Å². The molecule has 0 spiro atoms. The van der Waals surface area contributed by atoms with Crippen LogP contribution in [0.2, 0.25) is 5.02 Å². The van der Waals surface area contributed by atoms with E-state index in [4.69, 9.17) is 16.0 Å². The number of H-pyrrole nitrogens is 1. The van der Waals surface area contributed by atoms with Gasteiger partial charge in [0.25, 0.3) is 0 Å². The molecule has 0 unspecified atom stereocenters. The third-order valence-corrected chi connectivity index (χ3v) is 5.79. The normalized spacial score (nSPS) is 12.2. The summed E-state index contributed by atoms with van der Waals surface area (Å²) in [7, 11) is 0. The first-order valence-electron chi connectivity index (χ1n) is 9.88. The van der Waals surface area contributed by atoms with Gasteiger partial charge in [0.15, 0.2) is 0 Å². The SMILES string of the molecule is Cc1c(CC(=O)N[C@H](Cc2c[nH]c3ccc(O)cc23)C(=O)[O-])c(=O)oc2cc(O)c(Cl)cc12. The summed E-state index contributed by atoms with van der Waals surface area (Å²) in [6.45, 7) is 1.60. The fourth-order valence-corrected chi connectivity index (χ4v) is 3.92. The average Bonchev–Trinajstić information content (AvgIpc) is 3.14. The van der Waals surface area contributed by atoms with Gasteiger partial charge in [0.2, 0.25) is 5.91 Å². The zero-order valence-electron chi connectivity index (χ0n) is 17.3. The zero-order chi connectivity index (χ0) is 23.9. The van der Waals surface area contributed by atoms with E-state index in [1.807, 2.05) is 0 Å². The first-order valence-corrected chi connectivity index (χ1v) is 10.3. The van der Waals surface area contributed by atoms with Gasteiger partial charge in [-0.05, 0) is 42.3 Å². The molecule has 2 heterocycles. The Morgan fingerprint density at radius 3 is 2.70 bits per heavy atom. The number of aromatic hydroxyl groups is 2. The molecular formula is C23H18ClN2O7-. The van der Waals surface area contributed by atoms with Crippen molar-refractivity contribution in [2.75, 3.05) is 0 Å². The highest BCUT2D eigenvalue weighted by Gasteiger charge is 2.20.